The van der Waals surface area contributed by atoms with Crippen LogP contribution in [0.25, 0.3) is 0 Å². The molecule has 0 heterocycles. The third-order valence-corrected chi connectivity index (χ3v) is 2.58. The number of halogens is 3. The van der Waals surface area contributed by atoms with E-state index in [-0.39, 0.29) is 6.42 Å². The van der Waals surface area contributed by atoms with Gasteiger partial charge >= 0.3 is 0 Å². The lowest BCUT2D eigenvalue weighted by molar-refractivity contribution is -0.117. The third kappa shape index (κ3) is 3.82. The van der Waals surface area contributed by atoms with Gasteiger partial charge in [-0.05, 0) is 40.9 Å². The number of hydrogen-bond donors (Lipinski definition) is 0. The van der Waals surface area contributed by atoms with Crippen molar-refractivity contribution in [2.45, 2.75) is 12.3 Å². The molecule has 0 saturated heterocycles. The van der Waals surface area contributed by atoms with Crippen molar-refractivity contribution < 1.29 is 9.59 Å². The molecule has 0 radical (unpaired) electrons. The van der Waals surface area contributed by atoms with E-state index in [9.17, 15) is 9.59 Å². The van der Waals surface area contributed by atoms with E-state index in [1.54, 1.807) is 24.3 Å². The van der Waals surface area contributed by atoms with E-state index in [0.717, 1.165) is 0 Å². The van der Waals surface area contributed by atoms with Crippen LogP contribution < -0.4 is 0 Å². The van der Waals surface area contributed by atoms with E-state index in [4.69, 9.17) is 34.8 Å². The van der Waals surface area contributed by atoms with E-state index in [1.165, 1.54) is 0 Å². The predicted molar refractivity (Wildman–Crippen MR) is 60.5 cm³/mol. The molecule has 5 heteroatoms. The predicted octanol–water partition coefficient (Wildman–Crippen LogP) is 3.34. The van der Waals surface area contributed by atoms with Crippen molar-refractivity contribution in [3.05, 3.63) is 34.9 Å². The van der Waals surface area contributed by atoms with Gasteiger partial charge in [0.1, 0.15) is 0 Å². The summed E-state index contributed by atoms with van der Waals surface area (Å²) >= 11 is 16.3. The summed E-state index contributed by atoms with van der Waals surface area (Å²) in [4.78, 5) is 21.8. The van der Waals surface area contributed by atoms with E-state index in [1.807, 2.05) is 0 Å². The second-order valence-electron chi connectivity index (χ2n) is 2.97. The summed E-state index contributed by atoms with van der Waals surface area (Å²) in [5, 5.41) is -0.646. The zero-order valence-electron chi connectivity index (χ0n) is 7.54. The third-order valence-electron chi connectivity index (χ3n) is 1.91. The van der Waals surface area contributed by atoms with Gasteiger partial charge in [0.25, 0.3) is 0 Å². The first-order chi connectivity index (χ1) is 7.00. The zero-order chi connectivity index (χ0) is 11.4. The van der Waals surface area contributed by atoms with Crippen LogP contribution in [-0.2, 0) is 9.59 Å². The Morgan fingerprint density at radius 2 is 1.67 bits per heavy atom. The number of rotatable bonds is 4. The van der Waals surface area contributed by atoms with Gasteiger partial charge in [0.15, 0.2) is 0 Å². The minimum absolute atomic E-state index is 0.106. The topological polar surface area (TPSA) is 34.1 Å². The Balaban J connectivity index is 2.94. The van der Waals surface area contributed by atoms with Gasteiger partial charge < -0.3 is 0 Å². The molecule has 1 aromatic rings. The Hall–Kier alpha value is -0.570. The molecule has 0 aliphatic rings. The summed E-state index contributed by atoms with van der Waals surface area (Å²) in [6.45, 7) is 0. The lowest BCUT2D eigenvalue weighted by Gasteiger charge is -2.10. The van der Waals surface area contributed by atoms with Crippen molar-refractivity contribution in [1.29, 1.82) is 0 Å². The lowest BCUT2D eigenvalue weighted by Crippen LogP contribution is -2.09. The van der Waals surface area contributed by atoms with Gasteiger partial charge in [-0.15, -0.1) is 0 Å². The van der Waals surface area contributed by atoms with Crippen molar-refractivity contribution in [2.24, 2.45) is 0 Å². The second-order valence-corrected chi connectivity index (χ2v) is 4.20. The van der Waals surface area contributed by atoms with Crippen molar-refractivity contribution in [3.63, 3.8) is 0 Å². The standard InChI is InChI=1S/C10H7Cl3O2/c11-7-3-1-6(2-4-7)8(10(13)15)5-9(12)14/h1-4,8H,5H2/t8-/m1/s1. The normalized spacial score (nSPS) is 12.2. The molecule has 0 fully saturated rings. The van der Waals surface area contributed by atoms with Gasteiger partial charge in [-0.25, -0.2) is 0 Å². The highest BCUT2D eigenvalue weighted by atomic mass is 35.5. The molecule has 1 rings (SSSR count). The van der Waals surface area contributed by atoms with Gasteiger partial charge in [0, 0.05) is 11.4 Å². The van der Waals surface area contributed by atoms with E-state index in [2.05, 4.69) is 0 Å². The van der Waals surface area contributed by atoms with Crippen LogP contribution in [0.4, 0.5) is 0 Å². The minimum Gasteiger partial charge on any atom is -0.281 e. The molecule has 1 atom stereocenters. The highest BCUT2D eigenvalue weighted by Crippen LogP contribution is 2.24. The van der Waals surface area contributed by atoms with Crippen LogP contribution in [0.5, 0.6) is 0 Å². The fourth-order valence-corrected chi connectivity index (χ4v) is 1.67. The Morgan fingerprint density at radius 3 is 2.07 bits per heavy atom. The fraction of sp³-hybridized carbons (Fsp3) is 0.200. The van der Waals surface area contributed by atoms with Crippen molar-refractivity contribution in [3.8, 4) is 0 Å². The average Bonchev–Trinajstić information content (AvgIpc) is 2.15. The van der Waals surface area contributed by atoms with Crippen LogP contribution in [0.2, 0.25) is 5.02 Å². The molecular formula is C10H7Cl3O2. The maximum atomic E-state index is 11.1. The summed E-state index contributed by atoms with van der Waals surface area (Å²) in [7, 11) is 0. The molecule has 0 N–H and O–H groups in total. The monoisotopic (exact) mass is 264 g/mol. The van der Waals surface area contributed by atoms with Gasteiger partial charge in [-0.2, -0.15) is 0 Å². The quantitative estimate of drug-likeness (QED) is 0.783. The molecule has 0 bridgehead atoms. The van der Waals surface area contributed by atoms with Gasteiger partial charge in [-0.3, -0.25) is 9.59 Å². The van der Waals surface area contributed by atoms with E-state index < -0.39 is 16.4 Å². The van der Waals surface area contributed by atoms with Crippen molar-refractivity contribution in [2.75, 3.05) is 0 Å². The molecule has 0 aromatic heterocycles. The molecule has 80 valence electrons. The van der Waals surface area contributed by atoms with Crippen molar-refractivity contribution >= 4 is 45.3 Å². The average molecular weight is 266 g/mol. The fourth-order valence-electron chi connectivity index (χ4n) is 1.18. The summed E-state index contributed by atoms with van der Waals surface area (Å²) in [5.41, 5.74) is 0.633. The lowest BCUT2D eigenvalue weighted by atomic mass is 9.98. The van der Waals surface area contributed by atoms with E-state index >= 15 is 0 Å². The summed E-state index contributed by atoms with van der Waals surface area (Å²) in [6, 6.07) is 6.55. The second kappa shape index (κ2) is 5.50. The highest BCUT2D eigenvalue weighted by molar-refractivity contribution is 6.67. The summed E-state index contributed by atoms with van der Waals surface area (Å²) in [6.07, 6.45) is -0.106. The number of carbonyl (C=O) groups is 2. The summed E-state index contributed by atoms with van der Waals surface area (Å²) < 4.78 is 0. The van der Waals surface area contributed by atoms with Crippen LogP contribution in [0.3, 0.4) is 0 Å². The first-order valence-corrected chi connectivity index (χ1v) is 5.27. The van der Waals surface area contributed by atoms with Crippen LogP contribution in [0.1, 0.15) is 17.9 Å². The van der Waals surface area contributed by atoms with Crippen molar-refractivity contribution in [1.82, 2.24) is 0 Å². The molecule has 0 amide bonds. The van der Waals surface area contributed by atoms with Gasteiger partial charge in [0.2, 0.25) is 10.5 Å². The Morgan fingerprint density at radius 1 is 1.13 bits per heavy atom. The minimum atomic E-state index is -0.700. The maximum Gasteiger partial charge on any atom is 0.229 e. The maximum absolute atomic E-state index is 11.1. The molecule has 0 saturated carbocycles. The Kier molecular flexibility index (Phi) is 4.58. The molecule has 15 heavy (non-hydrogen) atoms. The molecule has 2 nitrogen and oxygen atoms in total. The summed E-state index contributed by atoms with van der Waals surface area (Å²) in [5.74, 6) is -0.700. The number of hydrogen-bond acceptors (Lipinski definition) is 2. The highest BCUT2D eigenvalue weighted by Gasteiger charge is 2.21. The van der Waals surface area contributed by atoms with Crippen LogP contribution >= 0.6 is 34.8 Å². The van der Waals surface area contributed by atoms with Crippen LogP contribution in [-0.4, -0.2) is 10.5 Å². The molecule has 0 unspecified atom stereocenters. The SMILES string of the molecule is O=C(Cl)C[C@@H](C(=O)Cl)c1ccc(Cl)cc1. The first-order valence-electron chi connectivity index (χ1n) is 4.14. The molecule has 0 spiro atoms. The zero-order valence-corrected chi connectivity index (χ0v) is 9.81. The molecule has 1 aromatic carbocycles. The van der Waals surface area contributed by atoms with Crippen LogP contribution in [0.15, 0.2) is 24.3 Å². The molecule has 0 aliphatic heterocycles. The smallest absolute Gasteiger partial charge is 0.229 e. The molecular weight excluding hydrogens is 258 g/mol. The molecule has 0 aliphatic carbocycles. The van der Waals surface area contributed by atoms with Crippen LogP contribution in [0, 0.1) is 0 Å². The Bertz CT molecular complexity index is 373. The Labute approximate surface area is 102 Å². The number of carbonyl (C=O) groups excluding carboxylic acids is 2. The van der Waals surface area contributed by atoms with Gasteiger partial charge in [-0.1, -0.05) is 23.7 Å². The van der Waals surface area contributed by atoms with Gasteiger partial charge in [0.05, 0.1) is 5.92 Å². The largest absolute Gasteiger partial charge is 0.281 e. The number of benzene rings is 1. The first kappa shape index (κ1) is 12.5. The van der Waals surface area contributed by atoms with E-state index in [0.29, 0.717) is 10.6 Å².